The highest BCUT2D eigenvalue weighted by atomic mass is 32.1. The van der Waals surface area contributed by atoms with Crippen molar-refractivity contribution < 1.29 is 4.79 Å². The van der Waals surface area contributed by atoms with E-state index in [2.05, 4.69) is 16.3 Å². The first-order valence-electron chi connectivity index (χ1n) is 8.70. The average Bonchev–Trinajstić information content (AvgIpc) is 3.26. The number of piperidine rings is 3. The van der Waals surface area contributed by atoms with Crippen LogP contribution in [0.2, 0.25) is 0 Å². The molecule has 0 radical (unpaired) electrons. The number of amides is 1. The van der Waals surface area contributed by atoms with Crippen molar-refractivity contribution in [3.8, 4) is 6.07 Å². The molecule has 1 aromatic heterocycles. The third-order valence-corrected chi connectivity index (χ3v) is 7.34. The summed E-state index contributed by atoms with van der Waals surface area (Å²) >= 11 is 1.44. The molecule has 1 saturated carbocycles. The van der Waals surface area contributed by atoms with E-state index >= 15 is 0 Å². The van der Waals surface area contributed by atoms with Crippen LogP contribution >= 0.6 is 11.3 Å². The minimum absolute atomic E-state index is 0.0325. The van der Waals surface area contributed by atoms with Gasteiger partial charge < -0.3 is 5.32 Å². The second-order valence-electron chi connectivity index (χ2n) is 7.33. The highest BCUT2D eigenvalue weighted by Crippen LogP contribution is 2.53. The first kappa shape index (κ1) is 14.4. The summed E-state index contributed by atoms with van der Waals surface area (Å²) < 4.78 is 0.917. The number of nitriles is 1. The Hall–Kier alpha value is -1.90. The van der Waals surface area contributed by atoms with E-state index in [1.54, 1.807) is 0 Å². The van der Waals surface area contributed by atoms with Crippen molar-refractivity contribution in [2.45, 2.75) is 37.3 Å². The van der Waals surface area contributed by atoms with Gasteiger partial charge in [0.25, 0.3) is 5.91 Å². The molecule has 5 heteroatoms. The fourth-order valence-corrected chi connectivity index (χ4v) is 5.82. The van der Waals surface area contributed by atoms with Gasteiger partial charge in [0.05, 0.1) is 21.2 Å². The Morgan fingerprint density at radius 1 is 1.33 bits per heavy atom. The van der Waals surface area contributed by atoms with E-state index in [9.17, 15) is 10.1 Å². The molecular weight excluding hydrogens is 318 g/mol. The minimum Gasteiger partial charge on any atom is -0.346 e. The molecule has 1 N–H and O–H groups in total. The zero-order chi connectivity index (χ0) is 16.3. The van der Waals surface area contributed by atoms with Crippen molar-refractivity contribution in [3.63, 3.8) is 0 Å². The summed E-state index contributed by atoms with van der Waals surface area (Å²) in [5, 5.41) is 13.6. The minimum atomic E-state index is 0.0325. The van der Waals surface area contributed by atoms with Gasteiger partial charge >= 0.3 is 0 Å². The van der Waals surface area contributed by atoms with Gasteiger partial charge in [0, 0.05) is 5.54 Å². The zero-order valence-electron chi connectivity index (χ0n) is 13.4. The molecule has 1 atom stereocenters. The predicted molar refractivity (Wildman–Crippen MR) is 94.1 cm³/mol. The largest absolute Gasteiger partial charge is 0.346 e. The van der Waals surface area contributed by atoms with Crippen molar-refractivity contribution in [1.29, 1.82) is 5.26 Å². The van der Waals surface area contributed by atoms with E-state index in [0.29, 0.717) is 17.5 Å². The molecule has 3 saturated heterocycles. The summed E-state index contributed by atoms with van der Waals surface area (Å²) in [4.78, 5) is 16.2. The Morgan fingerprint density at radius 2 is 2.12 bits per heavy atom. The molecular formula is C19H19N3OS. The van der Waals surface area contributed by atoms with Crippen LogP contribution in [0.15, 0.2) is 24.3 Å². The fourth-order valence-electron chi connectivity index (χ4n) is 4.80. The smallest absolute Gasteiger partial charge is 0.261 e. The number of rotatable bonds is 2. The third kappa shape index (κ3) is 1.96. The Kier molecular flexibility index (Phi) is 3.04. The van der Waals surface area contributed by atoms with Crippen molar-refractivity contribution in [2.75, 3.05) is 13.1 Å². The highest BCUT2D eigenvalue weighted by Gasteiger charge is 2.60. The predicted octanol–water partition coefficient (Wildman–Crippen LogP) is 3.13. The molecule has 4 heterocycles. The lowest BCUT2D eigenvalue weighted by atomic mass is 9.77. The van der Waals surface area contributed by atoms with Crippen molar-refractivity contribution in [1.82, 2.24) is 10.2 Å². The SMILES string of the molecule is N#Cc1cccc2cc(C(=O)NC3C4CCN(CC4)C34CC4)sc12. The molecule has 4 aliphatic rings. The molecule has 2 bridgehead atoms. The molecule has 24 heavy (non-hydrogen) atoms. The Labute approximate surface area is 145 Å². The molecule has 3 aliphatic heterocycles. The van der Waals surface area contributed by atoms with Gasteiger partial charge in [-0.15, -0.1) is 11.3 Å². The van der Waals surface area contributed by atoms with Gasteiger partial charge in [-0.2, -0.15) is 5.26 Å². The number of hydrogen-bond acceptors (Lipinski definition) is 4. The van der Waals surface area contributed by atoms with Crippen LogP contribution in [0.3, 0.4) is 0 Å². The van der Waals surface area contributed by atoms with E-state index < -0.39 is 0 Å². The maximum Gasteiger partial charge on any atom is 0.261 e. The molecule has 1 aliphatic carbocycles. The summed E-state index contributed by atoms with van der Waals surface area (Å²) in [6, 6.07) is 10.1. The number of fused-ring (bicyclic) bond motifs is 3. The number of benzene rings is 1. The van der Waals surface area contributed by atoms with Gasteiger partial charge in [0.15, 0.2) is 0 Å². The number of thiophene rings is 1. The van der Waals surface area contributed by atoms with Crippen molar-refractivity contribution >= 4 is 27.3 Å². The van der Waals surface area contributed by atoms with Gasteiger partial charge in [-0.25, -0.2) is 0 Å². The van der Waals surface area contributed by atoms with Crippen LogP contribution in [0.25, 0.3) is 10.1 Å². The quantitative estimate of drug-likeness (QED) is 0.916. The first-order valence-corrected chi connectivity index (χ1v) is 9.51. The number of nitrogens with one attached hydrogen (secondary N) is 1. The molecule has 4 nitrogen and oxygen atoms in total. The average molecular weight is 337 g/mol. The fraction of sp³-hybridized carbons (Fsp3) is 0.474. The maximum atomic E-state index is 12.9. The monoisotopic (exact) mass is 337 g/mol. The number of hydrogen-bond donors (Lipinski definition) is 1. The van der Waals surface area contributed by atoms with Crippen LogP contribution in [-0.2, 0) is 0 Å². The first-order chi connectivity index (χ1) is 11.7. The topological polar surface area (TPSA) is 56.1 Å². The van der Waals surface area contributed by atoms with Gasteiger partial charge in [-0.1, -0.05) is 12.1 Å². The Morgan fingerprint density at radius 3 is 2.83 bits per heavy atom. The Balaban J connectivity index is 1.44. The van der Waals surface area contributed by atoms with Crippen LogP contribution in [0.4, 0.5) is 0 Å². The summed E-state index contributed by atoms with van der Waals surface area (Å²) in [6.45, 7) is 2.40. The standard InChI is InChI=1S/C19H19N3OS/c20-11-14-3-1-2-13-10-15(24-16(13)14)18(23)21-17-12-4-8-22(9-5-12)19(17)6-7-19/h1-3,10,12,17H,4-9H2,(H,21,23). The van der Waals surface area contributed by atoms with Gasteiger partial charge in [0.1, 0.15) is 6.07 Å². The summed E-state index contributed by atoms with van der Waals surface area (Å²) in [5.74, 6) is 0.663. The van der Waals surface area contributed by atoms with Crippen LogP contribution < -0.4 is 5.32 Å². The van der Waals surface area contributed by atoms with Crippen LogP contribution in [0.1, 0.15) is 40.9 Å². The number of nitrogens with zero attached hydrogens (tertiary/aromatic N) is 2. The van der Waals surface area contributed by atoms with Crippen molar-refractivity contribution in [3.05, 3.63) is 34.7 Å². The van der Waals surface area contributed by atoms with Crippen LogP contribution in [-0.4, -0.2) is 35.5 Å². The molecule has 1 unspecified atom stereocenters. The van der Waals surface area contributed by atoms with E-state index in [0.717, 1.165) is 15.0 Å². The summed E-state index contributed by atoms with van der Waals surface area (Å²) in [6.07, 6.45) is 4.86. The number of carbonyl (C=O) groups is 1. The lowest BCUT2D eigenvalue weighted by molar-refractivity contribution is -0.00138. The van der Waals surface area contributed by atoms with E-state index in [-0.39, 0.29) is 11.4 Å². The maximum absolute atomic E-state index is 12.9. The second-order valence-corrected chi connectivity index (χ2v) is 8.38. The Bertz CT molecular complexity index is 868. The molecule has 122 valence electrons. The normalized spacial score (nSPS) is 29.5. The van der Waals surface area contributed by atoms with Crippen LogP contribution in [0, 0.1) is 17.2 Å². The molecule has 1 aromatic carbocycles. The van der Waals surface area contributed by atoms with E-state index in [4.69, 9.17) is 0 Å². The van der Waals surface area contributed by atoms with Gasteiger partial charge in [0.2, 0.25) is 0 Å². The van der Waals surface area contributed by atoms with Gasteiger partial charge in [-0.05, 0) is 62.2 Å². The van der Waals surface area contributed by atoms with Gasteiger partial charge in [-0.3, -0.25) is 9.69 Å². The van der Waals surface area contributed by atoms with Crippen LogP contribution in [0.5, 0.6) is 0 Å². The second kappa shape index (κ2) is 5.05. The third-order valence-electron chi connectivity index (χ3n) is 6.16. The van der Waals surface area contributed by atoms with E-state index in [1.165, 1.54) is 50.1 Å². The molecule has 6 rings (SSSR count). The molecule has 4 fully saturated rings. The summed E-state index contributed by atoms with van der Waals surface area (Å²) in [5.41, 5.74) is 0.906. The molecule has 1 amide bonds. The highest BCUT2D eigenvalue weighted by molar-refractivity contribution is 7.21. The molecule has 1 spiro atoms. The summed E-state index contributed by atoms with van der Waals surface area (Å²) in [7, 11) is 0. The lowest BCUT2D eigenvalue weighted by Crippen LogP contribution is -2.65. The lowest BCUT2D eigenvalue weighted by Gasteiger charge is -2.52. The molecule has 2 aromatic rings. The zero-order valence-corrected chi connectivity index (χ0v) is 14.2. The number of carbonyl (C=O) groups excluding carboxylic acids is 1. The van der Waals surface area contributed by atoms with Crippen molar-refractivity contribution in [2.24, 2.45) is 5.92 Å². The van der Waals surface area contributed by atoms with E-state index in [1.807, 2.05) is 24.3 Å².